The molecule has 0 aromatic heterocycles. The van der Waals surface area contributed by atoms with Crippen molar-refractivity contribution in [2.75, 3.05) is 32.1 Å². The Morgan fingerprint density at radius 2 is 1.92 bits per heavy atom. The highest BCUT2D eigenvalue weighted by molar-refractivity contribution is 6.35. The Balaban J connectivity index is 2.30. The Kier molecular flexibility index (Phi) is 5.46. The zero-order valence-electron chi connectivity index (χ0n) is 14.4. The summed E-state index contributed by atoms with van der Waals surface area (Å²) >= 11 is 0. The van der Waals surface area contributed by atoms with Crippen LogP contribution in [0, 0.1) is 12.8 Å². The predicted molar refractivity (Wildman–Crippen MR) is 92.2 cm³/mol. The van der Waals surface area contributed by atoms with E-state index in [1.54, 1.807) is 32.0 Å². The van der Waals surface area contributed by atoms with Gasteiger partial charge >= 0.3 is 6.03 Å². The maximum Gasteiger partial charge on any atom is 0.335 e. The number of aryl methyl sites for hydroxylation is 1. The number of anilines is 1. The van der Waals surface area contributed by atoms with Crippen LogP contribution < -0.4 is 10.2 Å². The SMILES string of the molecule is CC(=NCCN(C)C)[C@@H]1C(=O)NC(=O)N(c2ccccc2C)C1=O. The van der Waals surface area contributed by atoms with Crippen molar-refractivity contribution in [2.24, 2.45) is 10.9 Å². The van der Waals surface area contributed by atoms with Crippen molar-refractivity contribution in [2.45, 2.75) is 13.8 Å². The van der Waals surface area contributed by atoms with Gasteiger partial charge in [-0.25, -0.2) is 9.69 Å². The number of imide groups is 2. The number of amides is 4. The molecule has 0 aliphatic carbocycles. The maximum atomic E-state index is 12.8. The van der Waals surface area contributed by atoms with E-state index in [0.29, 0.717) is 24.5 Å². The summed E-state index contributed by atoms with van der Waals surface area (Å²) in [6.45, 7) is 4.64. The molecule has 128 valence electrons. The molecule has 7 heteroatoms. The molecular formula is C17H22N4O3. The van der Waals surface area contributed by atoms with Crippen molar-refractivity contribution in [3.8, 4) is 0 Å². The quantitative estimate of drug-likeness (QED) is 0.650. The molecular weight excluding hydrogens is 308 g/mol. The summed E-state index contributed by atoms with van der Waals surface area (Å²) < 4.78 is 0. The second-order valence-electron chi connectivity index (χ2n) is 6.01. The molecule has 2 rings (SSSR count). The Hall–Kier alpha value is -2.54. The normalized spacial score (nSPS) is 19.0. The molecule has 1 aliphatic heterocycles. The standard InChI is InChI=1S/C17H22N4O3/c1-11-7-5-6-8-13(11)21-16(23)14(15(22)19-17(21)24)12(2)18-9-10-20(3)4/h5-8,14H,9-10H2,1-4H3,(H,19,22,24)/t14-/m1/s1. The van der Waals surface area contributed by atoms with Crippen LogP contribution in [-0.2, 0) is 9.59 Å². The Morgan fingerprint density at radius 1 is 1.25 bits per heavy atom. The number of para-hydroxylation sites is 1. The molecule has 0 bridgehead atoms. The number of urea groups is 1. The molecule has 0 radical (unpaired) electrons. The molecule has 1 aromatic rings. The van der Waals surface area contributed by atoms with E-state index >= 15 is 0 Å². The van der Waals surface area contributed by atoms with Crippen molar-refractivity contribution in [1.29, 1.82) is 0 Å². The van der Waals surface area contributed by atoms with Crippen LogP contribution in [0.2, 0.25) is 0 Å². The lowest BCUT2D eigenvalue weighted by Crippen LogP contribution is -2.60. The molecule has 0 saturated carbocycles. The van der Waals surface area contributed by atoms with Gasteiger partial charge in [0, 0.05) is 12.3 Å². The van der Waals surface area contributed by atoms with Gasteiger partial charge in [-0.1, -0.05) is 18.2 Å². The zero-order chi connectivity index (χ0) is 17.9. The van der Waals surface area contributed by atoms with Gasteiger partial charge in [-0.2, -0.15) is 0 Å². The van der Waals surface area contributed by atoms with E-state index in [-0.39, 0.29) is 0 Å². The van der Waals surface area contributed by atoms with Crippen LogP contribution in [0.3, 0.4) is 0 Å². The average molecular weight is 330 g/mol. The van der Waals surface area contributed by atoms with E-state index in [1.807, 2.05) is 25.1 Å². The number of nitrogens with one attached hydrogen (secondary N) is 1. The molecule has 1 N–H and O–H groups in total. The van der Waals surface area contributed by atoms with Crippen LogP contribution in [0.4, 0.5) is 10.5 Å². The molecule has 1 fully saturated rings. The van der Waals surface area contributed by atoms with E-state index < -0.39 is 23.8 Å². The highest BCUT2D eigenvalue weighted by Crippen LogP contribution is 2.24. The highest BCUT2D eigenvalue weighted by Gasteiger charge is 2.43. The summed E-state index contributed by atoms with van der Waals surface area (Å²) in [6.07, 6.45) is 0. The summed E-state index contributed by atoms with van der Waals surface area (Å²) in [5.74, 6) is -2.27. The number of nitrogens with zero attached hydrogens (tertiary/aromatic N) is 3. The topological polar surface area (TPSA) is 82.1 Å². The molecule has 7 nitrogen and oxygen atoms in total. The van der Waals surface area contributed by atoms with E-state index in [2.05, 4.69) is 10.3 Å². The lowest BCUT2D eigenvalue weighted by Gasteiger charge is -2.31. The van der Waals surface area contributed by atoms with Crippen molar-refractivity contribution in [3.05, 3.63) is 29.8 Å². The van der Waals surface area contributed by atoms with Crippen molar-refractivity contribution in [3.63, 3.8) is 0 Å². The fourth-order valence-electron chi connectivity index (χ4n) is 2.50. The number of hydrogen-bond donors (Lipinski definition) is 1. The zero-order valence-corrected chi connectivity index (χ0v) is 14.4. The van der Waals surface area contributed by atoms with Gasteiger partial charge in [-0.3, -0.25) is 19.9 Å². The maximum absolute atomic E-state index is 12.8. The molecule has 24 heavy (non-hydrogen) atoms. The smallest absolute Gasteiger partial charge is 0.308 e. The Labute approximate surface area is 141 Å². The van der Waals surface area contributed by atoms with Gasteiger partial charge < -0.3 is 4.90 Å². The first-order chi connectivity index (χ1) is 11.3. The monoisotopic (exact) mass is 330 g/mol. The summed E-state index contributed by atoms with van der Waals surface area (Å²) in [5, 5.41) is 2.25. The number of carbonyl (C=O) groups is 3. The van der Waals surface area contributed by atoms with Gasteiger partial charge in [0.25, 0.3) is 5.91 Å². The van der Waals surface area contributed by atoms with E-state index in [4.69, 9.17) is 0 Å². The molecule has 1 saturated heterocycles. The van der Waals surface area contributed by atoms with Gasteiger partial charge in [-0.05, 0) is 39.6 Å². The minimum atomic E-state index is -1.08. The third-order valence-corrected chi connectivity index (χ3v) is 3.85. The summed E-state index contributed by atoms with van der Waals surface area (Å²) in [4.78, 5) is 44.4. The number of benzene rings is 1. The van der Waals surface area contributed by atoms with Crippen LogP contribution in [0.1, 0.15) is 12.5 Å². The Bertz CT molecular complexity index is 697. The second-order valence-corrected chi connectivity index (χ2v) is 6.01. The van der Waals surface area contributed by atoms with Crippen LogP contribution in [-0.4, -0.2) is 55.6 Å². The van der Waals surface area contributed by atoms with Gasteiger partial charge in [0.05, 0.1) is 12.2 Å². The lowest BCUT2D eigenvalue weighted by atomic mass is 9.98. The van der Waals surface area contributed by atoms with Crippen molar-refractivity contribution in [1.82, 2.24) is 10.2 Å². The molecule has 1 atom stereocenters. The second kappa shape index (κ2) is 7.35. The van der Waals surface area contributed by atoms with Crippen LogP contribution >= 0.6 is 0 Å². The number of hydrogen-bond acceptors (Lipinski definition) is 5. The molecule has 1 aliphatic rings. The predicted octanol–water partition coefficient (Wildman–Crippen LogP) is 1.22. The number of carbonyl (C=O) groups excluding carboxylic acids is 3. The molecule has 0 unspecified atom stereocenters. The van der Waals surface area contributed by atoms with Crippen molar-refractivity contribution >= 4 is 29.2 Å². The van der Waals surface area contributed by atoms with E-state index in [0.717, 1.165) is 10.5 Å². The van der Waals surface area contributed by atoms with Gasteiger partial charge in [0.15, 0.2) is 5.92 Å². The fourth-order valence-corrected chi connectivity index (χ4v) is 2.50. The van der Waals surface area contributed by atoms with E-state index in [9.17, 15) is 14.4 Å². The summed E-state index contributed by atoms with van der Waals surface area (Å²) in [6, 6.07) is 6.32. The third-order valence-electron chi connectivity index (χ3n) is 3.85. The van der Waals surface area contributed by atoms with Crippen LogP contribution in [0.15, 0.2) is 29.3 Å². The molecule has 1 heterocycles. The Morgan fingerprint density at radius 3 is 2.54 bits per heavy atom. The number of rotatable bonds is 5. The minimum Gasteiger partial charge on any atom is -0.308 e. The fraction of sp³-hybridized carbons (Fsp3) is 0.412. The van der Waals surface area contributed by atoms with Crippen LogP contribution in [0.5, 0.6) is 0 Å². The van der Waals surface area contributed by atoms with Gasteiger partial charge in [0.1, 0.15) is 0 Å². The minimum absolute atomic E-state index is 0.408. The first-order valence-corrected chi connectivity index (χ1v) is 7.73. The average Bonchev–Trinajstić information content (AvgIpc) is 2.48. The van der Waals surface area contributed by atoms with Crippen LogP contribution in [0.25, 0.3) is 0 Å². The summed E-state index contributed by atoms with van der Waals surface area (Å²) in [5.41, 5.74) is 1.65. The highest BCUT2D eigenvalue weighted by atomic mass is 16.2. The number of barbiturate groups is 1. The third kappa shape index (κ3) is 3.68. The molecule has 1 aromatic carbocycles. The molecule has 0 spiro atoms. The first kappa shape index (κ1) is 17.8. The van der Waals surface area contributed by atoms with Crippen molar-refractivity contribution < 1.29 is 14.4 Å². The van der Waals surface area contributed by atoms with E-state index in [1.165, 1.54) is 0 Å². The number of likely N-dealkylation sites (N-methyl/N-ethyl adjacent to an activating group) is 1. The van der Waals surface area contributed by atoms with Gasteiger partial charge in [-0.15, -0.1) is 0 Å². The number of aliphatic imine (C=N–C) groups is 1. The van der Waals surface area contributed by atoms with Gasteiger partial charge in [0.2, 0.25) is 5.91 Å². The lowest BCUT2D eigenvalue weighted by molar-refractivity contribution is -0.131. The summed E-state index contributed by atoms with van der Waals surface area (Å²) in [7, 11) is 3.84. The molecule has 4 amide bonds. The largest absolute Gasteiger partial charge is 0.335 e. The first-order valence-electron chi connectivity index (χ1n) is 7.73.